The van der Waals surface area contributed by atoms with Gasteiger partial charge in [0.05, 0.1) is 7.11 Å². The summed E-state index contributed by atoms with van der Waals surface area (Å²) in [5.74, 6) is 1.65. The van der Waals surface area contributed by atoms with Gasteiger partial charge in [0.25, 0.3) is 0 Å². The van der Waals surface area contributed by atoms with Crippen molar-refractivity contribution in [1.82, 2.24) is 15.3 Å². The normalized spacial score (nSPS) is 19.9. The molecule has 6 nitrogen and oxygen atoms in total. The van der Waals surface area contributed by atoms with Crippen molar-refractivity contribution in [2.45, 2.75) is 33.1 Å². The van der Waals surface area contributed by atoms with Crippen molar-refractivity contribution in [3.8, 4) is 5.88 Å². The SMILES string of the molecule is COc1cc(C)nc(NC(=O)CC(C)C2CCCNC2)n1. The molecule has 0 radical (unpaired) electrons. The van der Waals surface area contributed by atoms with Crippen molar-refractivity contribution < 1.29 is 9.53 Å². The van der Waals surface area contributed by atoms with Gasteiger partial charge < -0.3 is 10.1 Å². The van der Waals surface area contributed by atoms with Gasteiger partial charge in [-0.1, -0.05) is 6.92 Å². The number of anilines is 1. The Bertz CT molecular complexity index is 487. The van der Waals surface area contributed by atoms with Crippen LogP contribution in [0.2, 0.25) is 0 Å². The van der Waals surface area contributed by atoms with Gasteiger partial charge in [0, 0.05) is 18.2 Å². The number of aromatic nitrogens is 2. The number of nitrogens with zero attached hydrogens (tertiary/aromatic N) is 2. The minimum Gasteiger partial charge on any atom is -0.481 e. The maximum absolute atomic E-state index is 12.1. The minimum atomic E-state index is -0.0410. The summed E-state index contributed by atoms with van der Waals surface area (Å²) >= 11 is 0. The van der Waals surface area contributed by atoms with E-state index in [9.17, 15) is 4.79 Å². The molecule has 1 aliphatic rings. The summed E-state index contributed by atoms with van der Waals surface area (Å²) in [6.07, 6.45) is 2.87. The van der Waals surface area contributed by atoms with E-state index >= 15 is 0 Å². The molecular weight excluding hydrogens is 268 g/mol. The fraction of sp³-hybridized carbons (Fsp3) is 0.667. The first kappa shape index (κ1) is 15.7. The lowest BCUT2D eigenvalue weighted by Crippen LogP contribution is -2.34. The molecule has 1 aliphatic heterocycles. The molecule has 1 aromatic rings. The second kappa shape index (κ2) is 7.36. The van der Waals surface area contributed by atoms with Crippen LogP contribution in [-0.2, 0) is 4.79 Å². The zero-order valence-electron chi connectivity index (χ0n) is 13.0. The highest BCUT2D eigenvalue weighted by Crippen LogP contribution is 2.23. The lowest BCUT2D eigenvalue weighted by Gasteiger charge is -2.27. The summed E-state index contributed by atoms with van der Waals surface area (Å²) in [4.78, 5) is 20.5. The lowest BCUT2D eigenvalue weighted by molar-refractivity contribution is -0.117. The van der Waals surface area contributed by atoms with Crippen LogP contribution in [0.3, 0.4) is 0 Å². The Balaban J connectivity index is 1.90. The maximum Gasteiger partial charge on any atom is 0.232 e. The number of piperidine rings is 1. The molecule has 6 heteroatoms. The van der Waals surface area contributed by atoms with E-state index in [1.807, 2.05) is 6.92 Å². The molecule has 2 heterocycles. The number of aryl methyl sites for hydroxylation is 1. The van der Waals surface area contributed by atoms with Crippen LogP contribution in [-0.4, -0.2) is 36.1 Å². The van der Waals surface area contributed by atoms with Gasteiger partial charge in [0.2, 0.25) is 17.7 Å². The standard InChI is InChI=1S/C15H24N4O2/c1-10(12-5-4-6-16-9-12)7-13(20)18-15-17-11(2)8-14(19-15)21-3/h8,10,12,16H,4-7,9H2,1-3H3,(H,17,18,19,20). The molecule has 116 valence electrons. The first-order valence-corrected chi connectivity index (χ1v) is 7.48. The predicted molar refractivity (Wildman–Crippen MR) is 81.3 cm³/mol. The van der Waals surface area contributed by atoms with Crippen molar-refractivity contribution in [3.05, 3.63) is 11.8 Å². The summed E-state index contributed by atoms with van der Waals surface area (Å²) in [5, 5.41) is 6.15. The van der Waals surface area contributed by atoms with Gasteiger partial charge in [-0.25, -0.2) is 4.98 Å². The van der Waals surface area contributed by atoms with Crippen molar-refractivity contribution in [2.75, 3.05) is 25.5 Å². The van der Waals surface area contributed by atoms with E-state index in [0.717, 1.165) is 18.8 Å². The van der Waals surface area contributed by atoms with Crippen LogP contribution < -0.4 is 15.4 Å². The highest BCUT2D eigenvalue weighted by atomic mass is 16.5. The van der Waals surface area contributed by atoms with Crippen molar-refractivity contribution in [2.24, 2.45) is 11.8 Å². The number of rotatable bonds is 5. The maximum atomic E-state index is 12.1. The third-order valence-electron chi connectivity index (χ3n) is 3.94. The molecule has 0 aromatic carbocycles. The molecule has 0 saturated carbocycles. The first-order valence-electron chi connectivity index (χ1n) is 7.48. The van der Waals surface area contributed by atoms with Gasteiger partial charge >= 0.3 is 0 Å². The fourth-order valence-corrected chi connectivity index (χ4v) is 2.70. The molecule has 0 spiro atoms. The largest absolute Gasteiger partial charge is 0.481 e. The smallest absolute Gasteiger partial charge is 0.232 e. The summed E-state index contributed by atoms with van der Waals surface area (Å²) < 4.78 is 5.08. The Hall–Kier alpha value is -1.69. The van der Waals surface area contributed by atoms with Crippen molar-refractivity contribution in [1.29, 1.82) is 0 Å². The molecule has 2 N–H and O–H groups in total. The molecule has 21 heavy (non-hydrogen) atoms. The first-order chi connectivity index (χ1) is 10.1. The van der Waals surface area contributed by atoms with E-state index in [-0.39, 0.29) is 5.91 Å². The van der Waals surface area contributed by atoms with Crippen molar-refractivity contribution in [3.63, 3.8) is 0 Å². The fourth-order valence-electron chi connectivity index (χ4n) is 2.70. The highest BCUT2D eigenvalue weighted by molar-refractivity contribution is 5.89. The van der Waals surface area contributed by atoms with Crippen LogP contribution in [0.25, 0.3) is 0 Å². The van der Waals surface area contributed by atoms with E-state index < -0.39 is 0 Å². The average molecular weight is 292 g/mol. The molecule has 0 aliphatic carbocycles. The van der Waals surface area contributed by atoms with E-state index in [1.54, 1.807) is 13.2 Å². The highest BCUT2D eigenvalue weighted by Gasteiger charge is 2.22. The number of carbonyl (C=O) groups excluding carboxylic acids is 1. The number of hydrogen-bond acceptors (Lipinski definition) is 5. The average Bonchev–Trinajstić information content (AvgIpc) is 2.47. The number of ether oxygens (including phenoxy) is 1. The third-order valence-corrected chi connectivity index (χ3v) is 3.94. The number of hydrogen-bond donors (Lipinski definition) is 2. The number of carbonyl (C=O) groups is 1. The monoisotopic (exact) mass is 292 g/mol. The Kier molecular flexibility index (Phi) is 5.50. The molecule has 2 atom stereocenters. The number of amides is 1. The van der Waals surface area contributed by atoms with Gasteiger partial charge in [0.1, 0.15) is 0 Å². The molecular formula is C15H24N4O2. The zero-order valence-corrected chi connectivity index (χ0v) is 13.0. The van der Waals surface area contributed by atoms with Crippen LogP contribution in [0.5, 0.6) is 5.88 Å². The van der Waals surface area contributed by atoms with Crippen LogP contribution in [0.1, 0.15) is 31.9 Å². The molecule has 1 fully saturated rings. The van der Waals surface area contributed by atoms with Gasteiger partial charge in [-0.05, 0) is 44.7 Å². The number of methoxy groups -OCH3 is 1. The Labute approximate surface area is 125 Å². The van der Waals surface area contributed by atoms with Gasteiger partial charge in [-0.2, -0.15) is 4.98 Å². The summed E-state index contributed by atoms with van der Waals surface area (Å²) in [7, 11) is 1.55. The van der Waals surface area contributed by atoms with Gasteiger partial charge in [0.15, 0.2) is 0 Å². The summed E-state index contributed by atoms with van der Waals surface area (Å²) in [5.41, 5.74) is 0.765. The lowest BCUT2D eigenvalue weighted by atomic mass is 9.85. The number of nitrogens with one attached hydrogen (secondary N) is 2. The van der Waals surface area contributed by atoms with E-state index in [0.29, 0.717) is 30.1 Å². The van der Waals surface area contributed by atoms with E-state index in [4.69, 9.17) is 4.74 Å². The second-order valence-corrected chi connectivity index (χ2v) is 5.71. The van der Waals surface area contributed by atoms with Gasteiger partial charge in [-0.15, -0.1) is 0 Å². The van der Waals surface area contributed by atoms with E-state index in [2.05, 4.69) is 27.5 Å². The Morgan fingerprint density at radius 3 is 3.05 bits per heavy atom. The van der Waals surface area contributed by atoms with Gasteiger partial charge in [-0.3, -0.25) is 10.1 Å². The molecule has 2 rings (SSSR count). The topological polar surface area (TPSA) is 76.1 Å². The van der Waals surface area contributed by atoms with E-state index in [1.165, 1.54) is 12.8 Å². The molecule has 1 saturated heterocycles. The Morgan fingerprint density at radius 1 is 1.57 bits per heavy atom. The van der Waals surface area contributed by atoms with Crippen LogP contribution in [0.15, 0.2) is 6.07 Å². The molecule has 0 bridgehead atoms. The Morgan fingerprint density at radius 2 is 2.38 bits per heavy atom. The summed E-state index contributed by atoms with van der Waals surface area (Å²) in [6, 6.07) is 1.73. The van der Waals surface area contributed by atoms with Crippen LogP contribution >= 0.6 is 0 Å². The van der Waals surface area contributed by atoms with Crippen molar-refractivity contribution >= 4 is 11.9 Å². The predicted octanol–water partition coefficient (Wildman–Crippen LogP) is 1.76. The quantitative estimate of drug-likeness (QED) is 0.865. The van der Waals surface area contributed by atoms with Crippen LogP contribution in [0, 0.1) is 18.8 Å². The molecule has 1 amide bonds. The zero-order chi connectivity index (χ0) is 15.2. The molecule has 1 aromatic heterocycles. The minimum absolute atomic E-state index is 0.0410. The molecule has 2 unspecified atom stereocenters. The van der Waals surface area contributed by atoms with Crippen LogP contribution in [0.4, 0.5) is 5.95 Å². The summed E-state index contributed by atoms with van der Waals surface area (Å²) in [6.45, 7) is 6.07. The third kappa shape index (κ3) is 4.67. The second-order valence-electron chi connectivity index (χ2n) is 5.71.